The lowest BCUT2D eigenvalue weighted by Crippen LogP contribution is -2.07. The lowest BCUT2D eigenvalue weighted by molar-refractivity contribution is -0.384. The summed E-state index contributed by atoms with van der Waals surface area (Å²) in [4.78, 5) is 31.5. The number of rotatable bonds is 4. The number of amides is 1. The Balaban J connectivity index is 1.55. The molecule has 0 unspecified atom stereocenters. The normalized spacial score (nSPS) is 11.4. The molecule has 4 aromatic rings. The third-order valence-electron chi connectivity index (χ3n) is 3.76. The minimum absolute atomic E-state index is 0.0219. The van der Waals surface area contributed by atoms with Gasteiger partial charge in [-0.25, -0.2) is 9.97 Å². The molecule has 0 atom stereocenters. The van der Waals surface area contributed by atoms with Crippen molar-refractivity contribution in [1.29, 1.82) is 0 Å². The van der Waals surface area contributed by atoms with Crippen LogP contribution in [-0.2, 0) is 4.79 Å². The third kappa shape index (κ3) is 3.55. The van der Waals surface area contributed by atoms with Crippen LogP contribution < -0.4 is 5.32 Å². The van der Waals surface area contributed by atoms with Gasteiger partial charge in [0.15, 0.2) is 5.13 Å². The monoisotopic (exact) mass is 396 g/mol. The fourth-order valence-electron chi connectivity index (χ4n) is 2.60. The Hall–Kier alpha value is -3.17. The summed E-state index contributed by atoms with van der Waals surface area (Å²) in [5, 5.41) is 15.0. The predicted octanol–water partition coefficient (Wildman–Crippen LogP) is 4.77. The number of carbonyl (C=O) groups excluding carboxylic acids is 1. The summed E-state index contributed by atoms with van der Waals surface area (Å²) in [6.07, 6.45) is 2.85. The lowest BCUT2D eigenvalue weighted by Gasteiger charge is -1.96. The molecule has 1 amide bonds. The second-order valence-electron chi connectivity index (χ2n) is 5.69. The molecule has 0 saturated carbocycles. The quantitative estimate of drug-likeness (QED) is 0.304. The molecule has 2 heterocycles. The largest absolute Gasteiger partial charge is 0.298 e. The van der Waals surface area contributed by atoms with Gasteiger partial charge in [0.2, 0.25) is 5.91 Å². The van der Waals surface area contributed by atoms with Gasteiger partial charge in [0.25, 0.3) is 5.69 Å². The van der Waals surface area contributed by atoms with Crippen molar-refractivity contribution in [1.82, 2.24) is 9.97 Å². The van der Waals surface area contributed by atoms with E-state index < -0.39 is 4.92 Å². The highest BCUT2D eigenvalue weighted by molar-refractivity contribution is 7.24. The first-order valence-corrected chi connectivity index (χ1v) is 9.53. The molecule has 9 heteroatoms. The summed E-state index contributed by atoms with van der Waals surface area (Å²) in [6.45, 7) is 1.96. The zero-order chi connectivity index (χ0) is 19.0. The summed E-state index contributed by atoms with van der Waals surface area (Å²) in [5.41, 5.74) is 2.24. The van der Waals surface area contributed by atoms with Crippen molar-refractivity contribution in [3.8, 4) is 0 Å². The average Bonchev–Trinajstić information content (AvgIpc) is 3.22. The molecule has 134 valence electrons. The second-order valence-corrected chi connectivity index (χ2v) is 7.92. The van der Waals surface area contributed by atoms with Crippen LogP contribution in [0.15, 0.2) is 42.5 Å². The van der Waals surface area contributed by atoms with E-state index in [4.69, 9.17) is 0 Å². The molecule has 1 N–H and O–H groups in total. The topological polar surface area (TPSA) is 98.0 Å². The average molecular weight is 396 g/mol. The highest BCUT2D eigenvalue weighted by Gasteiger charge is 2.12. The molecule has 2 aromatic carbocycles. The second kappa shape index (κ2) is 6.86. The van der Waals surface area contributed by atoms with Crippen LogP contribution in [0.4, 0.5) is 10.8 Å². The van der Waals surface area contributed by atoms with E-state index in [1.54, 1.807) is 23.5 Å². The smallest absolute Gasteiger partial charge is 0.270 e. The number of nitrogens with one attached hydrogen (secondary N) is 1. The molecule has 0 radical (unpaired) electrons. The van der Waals surface area contributed by atoms with E-state index in [1.807, 2.05) is 19.1 Å². The van der Waals surface area contributed by atoms with Crippen LogP contribution in [0.25, 0.3) is 26.5 Å². The maximum absolute atomic E-state index is 12.2. The minimum atomic E-state index is -0.473. The number of hydrogen-bond donors (Lipinski definition) is 1. The molecule has 0 aliphatic heterocycles. The van der Waals surface area contributed by atoms with E-state index in [9.17, 15) is 14.9 Å². The van der Waals surface area contributed by atoms with Crippen LogP contribution in [0.3, 0.4) is 0 Å². The molecule has 0 aliphatic rings. The number of benzene rings is 2. The van der Waals surface area contributed by atoms with Crippen molar-refractivity contribution in [2.24, 2.45) is 0 Å². The molecule has 4 rings (SSSR count). The molecule has 2 aromatic heterocycles. The van der Waals surface area contributed by atoms with Crippen LogP contribution in [0.5, 0.6) is 0 Å². The SMILES string of the molecule is Cc1nc2c(ccc3nc(NC(=O)C=Cc4cccc([N+](=O)[O-])c4)sc32)s1. The summed E-state index contributed by atoms with van der Waals surface area (Å²) in [7, 11) is 0. The summed E-state index contributed by atoms with van der Waals surface area (Å²) in [5.74, 6) is -0.355. The standard InChI is InChI=1S/C18H12N4O3S2/c1-10-19-16-14(26-10)7-6-13-17(16)27-18(20-13)21-15(23)8-5-11-3-2-4-12(9-11)22(24)25/h2-9H,1H3,(H,20,21,23). The van der Waals surface area contributed by atoms with Crippen LogP contribution in [0.1, 0.15) is 10.6 Å². The Kier molecular flexibility index (Phi) is 4.38. The number of carbonyl (C=O) groups is 1. The van der Waals surface area contributed by atoms with Crippen LogP contribution in [0, 0.1) is 17.0 Å². The molecule has 0 saturated heterocycles. The molecule has 0 fully saturated rings. The maximum Gasteiger partial charge on any atom is 0.270 e. The maximum atomic E-state index is 12.2. The number of aryl methyl sites for hydroxylation is 1. The number of anilines is 1. The molecule has 0 spiro atoms. The number of nitro benzene ring substituents is 1. The molecule has 0 aliphatic carbocycles. The predicted molar refractivity (Wildman–Crippen MR) is 108 cm³/mol. The minimum Gasteiger partial charge on any atom is -0.298 e. The number of fused-ring (bicyclic) bond motifs is 3. The Morgan fingerprint density at radius 3 is 2.89 bits per heavy atom. The van der Waals surface area contributed by atoms with E-state index in [-0.39, 0.29) is 11.6 Å². The first-order chi connectivity index (χ1) is 13.0. The van der Waals surface area contributed by atoms with E-state index in [2.05, 4.69) is 15.3 Å². The molecule has 27 heavy (non-hydrogen) atoms. The number of aromatic nitrogens is 2. The Bertz CT molecular complexity index is 1230. The third-order valence-corrected chi connectivity index (χ3v) is 5.69. The van der Waals surface area contributed by atoms with Crippen molar-refractivity contribution in [3.05, 3.63) is 63.2 Å². The lowest BCUT2D eigenvalue weighted by atomic mass is 10.2. The fraction of sp³-hybridized carbons (Fsp3) is 0.0556. The number of nitro groups is 1. The number of nitrogens with zero attached hydrogens (tertiary/aromatic N) is 3. The van der Waals surface area contributed by atoms with Gasteiger partial charge in [-0.3, -0.25) is 20.2 Å². The van der Waals surface area contributed by atoms with Gasteiger partial charge in [-0.05, 0) is 30.7 Å². The van der Waals surface area contributed by atoms with E-state index in [0.29, 0.717) is 10.7 Å². The molecular formula is C18H12N4O3S2. The Labute approximate surface area is 161 Å². The number of non-ortho nitro benzene ring substituents is 1. The van der Waals surface area contributed by atoms with Gasteiger partial charge in [0, 0.05) is 18.2 Å². The Morgan fingerprint density at radius 1 is 1.22 bits per heavy atom. The van der Waals surface area contributed by atoms with Crippen molar-refractivity contribution in [2.45, 2.75) is 6.92 Å². The van der Waals surface area contributed by atoms with Gasteiger partial charge in [0.1, 0.15) is 5.52 Å². The fourth-order valence-corrected chi connectivity index (χ4v) is 4.46. The summed E-state index contributed by atoms with van der Waals surface area (Å²) < 4.78 is 2.03. The molecular weight excluding hydrogens is 384 g/mol. The van der Waals surface area contributed by atoms with Gasteiger partial charge in [-0.1, -0.05) is 23.5 Å². The van der Waals surface area contributed by atoms with Gasteiger partial charge in [-0.2, -0.15) is 0 Å². The van der Waals surface area contributed by atoms with Gasteiger partial charge >= 0.3 is 0 Å². The number of hydrogen-bond acceptors (Lipinski definition) is 7. The van der Waals surface area contributed by atoms with E-state index in [0.717, 1.165) is 25.4 Å². The first-order valence-electron chi connectivity index (χ1n) is 7.90. The Morgan fingerprint density at radius 2 is 2.07 bits per heavy atom. The zero-order valence-electron chi connectivity index (χ0n) is 14.0. The van der Waals surface area contributed by atoms with Gasteiger partial charge < -0.3 is 0 Å². The first kappa shape index (κ1) is 17.3. The van der Waals surface area contributed by atoms with Crippen molar-refractivity contribution in [2.75, 3.05) is 5.32 Å². The highest BCUT2D eigenvalue weighted by atomic mass is 32.1. The summed E-state index contributed by atoms with van der Waals surface area (Å²) in [6, 6.07) is 9.97. The van der Waals surface area contributed by atoms with Crippen LogP contribution in [-0.4, -0.2) is 20.8 Å². The molecule has 7 nitrogen and oxygen atoms in total. The highest BCUT2D eigenvalue weighted by Crippen LogP contribution is 2.34. The molecule has 0 bridgehead atoms. The van der Waals surface area contributed by atoms with E-state index in [1.165, 1.54) is 35.6 Å². The zero-order valence-corrected chi connectivity index (χ0v) is 15.6. The van der Waals surface area contributed by atoms with Crippen LogP contribution in [0.2, 0.25) is 0 Å². The van der Waals surface area contributed by atoms with Crippen molar-refractivity contribution in [3.63, 3.8) is 0 Å². The van der Waals surface area contributed by atoms with Crippen molar-refractivity contribution >= 4 is 65.9 Å². The van der Waals surface area contributed by atoms with Gasteiger partial charge in [0.05, 0.1) is 24.8 Å². The van der Waals surface area contributed by atoms with E-state index >= 15 is 0 Å². The van der Waals surface area contributed by atoms with Crippen molar-refractivity contribution < 1.29 is 9.72 Å². The number of thiazole rings is 2. The summed E-state index contributed by atoms with van der Waals surface area (Å²) >= 11 is 2.99. The van der Waals surface area contributed by atoms with Gasteiger partial charge in [-0.15, -0.1) is 11.3 Å². The van der Waals surface area contributed by atoms with Crippen LogP contribution >= 0.6 is 22.7 Å².